The molecule has 0 fully saturated rings. The van der Waals surface area contributed by atoms with Crippen LogP contribution in [0.25, 0.3) is 21.9 Å². The number of hydrogen-bond acceptors (Lipinski definition) is 5. The number of nitrogens with zero attached hydrogens (tertiary/aromatic N) is 2. The standard InChI is InChI=1S/C16H19N3O4/c1-21-6-4-5-19-9-17-14-10-7-12(22-2)13(23-3)8-11(10)18-15(14)16(19)20/h7-9,18H,4-6H2,1-3H3. The Hall–Kier alpha value is -2.54. The molecule has 1 N–H and O–H groups in total. The molecule has 23 heavy (non-hydrogen) atoms. The Morgan fingerprint density at radius 3 is 2.61 bits per heavy atom. The fourth-order valence-corrected chi connectivity index (χ4v) is 2.66. The maximum absolute atomic E-state index is 12.6. The molecule has 7 heteroatoms. The Labute approximate surface area is 132 Å². The summed E-state index contributed by atoms with van der Waals surface area (Å²) in [6, 6.07) is 3.64. The van der Waals surface area contributed by atoms with Crippen LogP contribution in [-0.2, 0) is 11.3 Å². The summed E-state index contributed by atoms with van der Waals surface area (Å²) in [4.78, 5) is 20.2. The highest BCUT2D eigenvalue weighted by Crippen LogP contribution is 2.34. The minimum absolute atomic E-state index is 0.0970. The van der Waals surface area contributed by atoms with Gasteiger partial charge in [0.25, 0.3) is 5.56 Å². The SMILES string of the molecule is COCCCn1cnc2c([nH]c3cc(OC)c(OC)cc32)c1=O. The molecule has 0 aliphatic carbocycles. The van der Waals surface area contributed by atoms with Gasteiger partial charge in [-0.05, 0) is 12.5 Å². The largest absolute Gasteiger partial charge is 0.493 e. The Morgan fingerprint density at radius 1 is 1.17 bits per heavy atom. The molecule has 7 nitrogen and oxygen atoms in total. The Morgan fingerprint density at radius 2 is 1.91 bits per heavy atom. The maximum Gasteiger partial charge on any atom is 0.277 e. The molecule has 0 bridgehead atoms. The first kappa shape index (κ1) is 15.4. The van der Waals surface area contributed by atoms with Gasteiger partial charge in [-0.1, -0.05) is 0 Å². The number of benzene rings is 1. The van der Waals surface area contributed by atoms with Gasteiger partial charge in [-0.15, -0.1) is 0 Å². The van der Waals surface area contributed by atoms with Gasteiger partial charge < -0.3 is 19.2 Å². The van der Waals surface area contributed by atoms with E-state index in [0.717, 1.165) is 17.3 Å². The average molecular weight is 317 g/mol. The van der Waals surface area contributed by atoms with Crippen LogP contribution in [0.3, 0.4) is 0 Å². The van der Waals surface area contributed by atoms with Gasteiger partial charge in [-0.3, -0.25) is 9.36 Å². The lowest BCUT2D eigenvalue weighted by molar-refractivity contribution is 0.190. The normalized spacial score (nSPS) is 11.3. The first-order chi connectivity index (χ1) is 11.2. The number of aromatic nitrogens is 3. The van der Waals surface area contributed by atoms with E-state index in [2.05, 4.69) is 9.97 Å². The van der Waals surface area contributed by atoms with E-state index in [-0.39, 0.29) is 5.56 Å². The van der Waals surface area contributed by atoms with Gasteiger partial charge in [-0.2, -0.15) is 0 Å². The first-order valence-electron chi connectivity index (χ1n) is 7.31. The van der Waals surface area contributed by atoms with E-state index in [1.165, 1.54) is 0 Å². The lowest BCUT2D eigenvalue weighted by atomic mass is 10.2. The predicted molar refractivity (Wildman–Crippen MR) is 87.5 cm³/mol. The monoisotopic (exact) mass is 317 g/mol. The summed E-state index contributed by atoms with van der Waals surface area (Å²) in [5, 5.41) is 0.832. The molecule has 122 valence electrons. The lowest BCUT2D eigenvalue weighted by Gasteiger charge is -2.07. The van der Waals surface area contributed by atoms with Gasteiger partial charge >= 0.3 is 0 Å². The van der Waals surface area contributed by atoms with Gasteiger partial charge in [-0.25, -0.2) is 4.98 Å². The molecular weight excluding hydrogens is 298 g/mol. The second-order valence-corrected chi connectivity index (χ2v) is 5.19. The number of aryl methyl sites for hydroxylation is 1. The Balaban J connectivity index is 2.15. The van der Waals surface area contributed by atoms with Gasteiger partial charge in [0.2, 0.25) is 0 Å². The summed E-state index contributed by atoms with van der Waals surface area (Å²) in [6.07, 6.45) is 2.33. The summed E-state index contributed by atoms with van der Waals surface area (Å²) < 4.78 is 17.2. The molecule has 3 rings (SSSR count). The highest BCUT2D eigenvalue weighted by molar-refractivity contribution is 6.05. The third kappa shape index (κ3) is 2.63. The number of H-pyrrole nitrogens is 1. The second-order valence-electron chi connectivity index (χ2n) is 5.19. The van der Waals surface area contributed by atoms with Crippen LogP contribution >= 0.6 is 0 Å². The van der Waals surface area contributed by atoms with Crippen molar-refractivity contribution in [3.8, 4) is 11.5 Å². The van der Waals surface area contributed by atoms with E-state index < -0.39 is 0 Å². The van der Waals surface area contributed by atoms with Crippen molar-refractivity contribution in [2.45, 2.75) is 13.0 Å². The number of methoxy groups -OCH3 is 3. The number of aromatic amines is 1. The third-order valence-corrected chi connectivity index (χ3v) is 3.82. The molecule has 0 aliphatic rings. The minimum atomic E-state index is -0.0970. The number of nitrogens with one attached hydrogen (secondary N) is 1. The summed E-state index contributed by atoms with van der Waals surface area (Å²) >= 11 is 0. The average Bonchev–Trinajstić information content (AvgIpc) is 2.94. The molecule has 0 saturated heterocycles. The molecule has 0 unspecified atom stereocenters. The predicted octanol–water partition coefficient (Wildman–Crippen LogP) is 1.93. The van der Waals surface area contributed by atoms with Crippen molar-refractivity contribution in [2.24, 2.45) is 0 Å². The van der Waals surface area contributed by atoms with Gasteiger partial charge in [0.05, 0.1) is 26.1 Å². The molecule has 2 heterocycles. The van der Waals surface area contributed by atoms with Crippen molar-refractivity contribution in [1.29, 1.82) is 0 Å². The van der Waals surface area contributed by atoms with Crippen LogP contribution in [0.2, 0.25) is 0 Å². The molecule has 1 aromatic carbocycles. The molecule has 3 aromatic rings. The molecule has 0 atom stereocenters. The topological polar surface area (TPSA) is 78.4 Å². The zero-order valence-electron chi connectivity index (χ0n) is 13.4. The molecule has 0 saturated carbocycles. The van der Waals surface area contributed by atoms with Gasteiger partial charge in [0, 0.05) is 31.7 Å². The van der Waals surface area contributed by atoms with Crippen LogP contribution in [-0.4, -0.2) is 42.5 Å². The van der Waals surface area contributed by atoms with E-state index in [1.54, 1.807) is 32.2 Å². The maximum atomic E-state index is 12.6. The van der Waals surface area contributed by atoms with E-state index in [1.807, 2.05) is 12.1 Å². The highest BCUT2D eigenvalue weighted by Gasteiger charge is 2.14. The summed E-state index contributed by atoms with van der Waals surface area (Å²) in [7, 11) is 4.80. The first-order valence-corrected chi connectivity index (χ1v) is 7.31. The molecule has 0 amide bonds. The van der Waals surface area contributed by atoms with Crippen molar-refractivity contribution in [3.05, 3.63) is 28.8 Å². The van der Waals surface area contributed by atoms with Crippen LogP contribution in [0.4, 0.5) is 0 Å². The van der Waals surface area contributed by atoms with Gasteiger partial charge in [0.1, 0.15) is 11.0 Å². The highest BCUT2D eigenvalue weighted by atomic mass is 16.5. The number of hydrogen-bond donors (Lipinski definition) is 1. The molecule has 0 spiro atoms. The van der Waals surface area contributed by atoms with Crippen LogP contribution in [0.15, 0.2) is 23.3 Å². The quantitative estimate of drug-likeness (QED) is 0.703. The van der Waals surface area contributed by atoms with Crippen molar-refractivity contribution < 1.29 is 14.2 Å². The van der Waals surface area contributed by atoms with Crippen LogP contribution in [0.1, 0.15) is 6.42 Å². The molecular formula is C16H19N3O4. The fraction of sp³-hybridized carbons (Fsp3) is 0.375. The van der Waals surface area contributed by atoms with Crippen molar-refractivity contribution in [3.63, 3.8) is 0 Å². The molecule has 2 aromatic heterocycles. The molecule has 0 aliphatic heterocycles. The smallest absolute Gasteiger partial charge is 0.277 e. The summed E-state index contributed by atoms with van der Waals surface area (Å²) in [5.41, 5.74) is 1.81. The lowest BCUT2D eigenvalue weighted by Crippen LogP contribution is -2.21. The summed E-state index contributed by atoms with van der Waals surface area (Å²) in [5.74, 6) is 1.21. The van der Waals surface area contributed by atoms with Gasteiger partial charge in [0.15, 0.2) is 11.5 Å². The van der Waals surface area contributed by atoms with Crippen molar-refractivity contribution in [2.75, 3.05) is 27.9 Å². The van der Waals surface area contributed by atoms with E-state index in [0.29, 0.717) is 35.7 Å². The van der Waals surface area contributed by atoms with Crippen LogP contribution in [0.5, 0.6) is 11.5 Å². The van der Waals surface area contributed by atoms with Crippen molar-refractivity contribution >= 4 is 21.9 Å². The Kier molecular flexibility index (Phi) is 4.20. The van der Waals surface area contributed by atoms with E-state index in [9.17, 15) is 4.79 Å². The third-order valence-electron chi connectivity index (χ3n) is 3.82. The molecule has 0 radical (unpaired) electrons. The van der Waals surface area contributed by atoms with Crippen LogP contribution < -0.4 is 15.0 Å². The number of rotatable bonds is 6. The zero-order chi connectivity index (χ0) is 16.4. The zero-order valence-corrected chi connectivity index (χ0v) is 13.4. The van der Waals surface area contributed by atoms with Crippen LogP contribution in [0, 0.1) is 0 Å². The Bertz CT molecular complexity index is 898. The summed E-state index contributed by atoms with van der Waals surface area (Å²) in [6.45, 7) is 1.17. The second kappa shape index (κ2) is 6.29. The van der Waals surface area contributed by atoms with E-state index >= 15 is 0 Å². The fourth-order valence-electron chi connectivity index (χ4n) is 2.66. The number of fused-ring (bicyclic) bond motifs is 3. The number of ether oxygens (including phenoxy) is 3. The van der Waals surface area contributed by atoms with E-state index in [4.69, 9.17) is 14.2 Å². The minimum Gasteiger partial charge on any atom is -0.493 e. The van der Waals surface area contributed by atoms with Crippen molar-refractivity contribution in [1.82, 2.24) is 14.5 Å².